The van der Waals surface area contributed by atoms with E-state index in [0.717, 1.165) is 34.5 Å². The molecule has 4 rings (SSSR count). The number of benzene rings is 2. The Bertz CT molecular complexity index is 1100. The van der Waals surface area contributed by atoms with Gasteiger partial charge in [-0.15, -0.1) is 0 Å². The molecule has 0 amide bonds. The molecule has 2 aromatic heterocycles. The highest BCUT2D eigenvalue weighted by atomic mass is 19.1. The topological polar surface area (TPSA) is 63.8 Å². The summed E-state index contributed by atoms with van der Waals surface area (Å²) in [5.41, 5.74) is 11.1. The van der Waals surface area contributed by atoms with E-state index in [1.165, 1.54) is 17.7 Å². The second kappa shape index (κ2) is 9.29. The Morgan fingerprint density at radius 3 is 2.43 bits per heavy atom. The molecule has 0 saturated carbocycles. The fraction of sp³-hybridized carbons (Fsp3) is 0.120. The van der Waals surface area contributed by atoms with Crippen molar-refractivity contribution < 1.29 is 4.39 Å². The molecule has 150 valence electrons. The van der Waals surface area contributed by atoms with Crippen molar-refractivity contribution in [1.82, 2.24) is 9.97 Å². The first-order valence-corrected chi connectivity index (χ1v) is 9.89. The molecule has 1 unspecified atom stereocenters. The lowest BCUT2D eigenvalue weighted by Crippen LogP contribution is -2.31. The third-order valence-electron chi connectivity index (χ3n) is 4.92. The minimum absolute atomic E-state index is 0.0403. The van der Waals surface area contributed by atoms with Crippen LogP contribution in [0.4, 0.5) is 10.2 Å². The van der Waals surface area contributed by atoms with Crippen molar-refractivity contribution in [2.75, 3.05) is 11.9 Å². The molecule has 3 N–H and O–H groups in total. The Morgan fingerprint density at radius 2 is 1.67 bits per heavy atom. The van der Waals surface area contributed by atoms with Crippen molar-refractivity contribution >= 4 is 5.82 Å². The normalized spacial score (nSPS) is 11.8. The number of nitrogens with two attached hydrogens (primary N) is 1. The molecule has 4 aromatic rings. The van der Waals surface area contributed by atoms with Gasteiger partial charge < -0.3 is 11.1 Å². The lowest BCUT2D eigenvalue weighted by molar-refractivity contribution is 0.628. The summed E-state index contributed by atoms with van der Waals surface area (Å²) in [6.45, 7) is 0.594. The molecule has 5 heteroatoms. The Kier molecular flexibility index (Phi) is 6.11. The van der Waals surface area contributed by atoms with E-state index in [4.69, 9.17) is 5.73 Å². The standard InChI is InChI=1S/C25H23FN4/c26-21-8-4-7-20(14-21)24-17-30-25(15-23(24)19-9-11-28-12-10-19)29-16-22(27)13-18-5-2-1-3-6-18/h1-12,14-15,17,22H,13,16,27H2,(H,29,30). The maximum atomic E-state index is 13.8. The van der Waals surface area contributed by atoms with Gasteiger partial charge >= 0.3 is 0 Å². The van der Waals surface area contributed by atoms with Gasteiger partial charge in [-0.25, -0.2) is 9.37 Å². The fourth-order valence-corrected chi connectivity index (χ4v) is 3.43. The lowest BCUT2D eigenvalue weighted by atomic mass is 9.97. The minimum Gasteiger partial charge on any atom is -0.368 e. The van der Waals surface area contributed by atoms with Gasteiger partial charge in [0.05, 0.1) is 0 Å². The maximum absolute atomic E-state index is 13.8. The van der Waals surface area contributed by atoms with Crippen molar-refractivity contribution in [1.29, 1.82) is 0 Å². The number of nitrogens with one attached hydrogen (secondary N) is 1. The summed E-state index contributed by atoms with van der Waals surface area (Å²) in [6.07, 6.45) is 6.05. The molecule has 2 heterocycles. The molecular formula is C25H23FN4. The Balaban J connectivity index is 1.58. The molecule has 0 spiro atoms. The highest BCUT2D eigenvalue weighted by molar-refractivity contribution is 5.84. The molecule has 0 saturated heterocycles. The number of nitrogens with zero attached hydrogens (tertiary/aromatic N) is 2. The average molecular weight is 398 g/mol. The Hall–Kier alpha value is -3.57. The summed E-state index contributed by atoms with van der Waals surface area (Å²) in [5, 5.41) is 3.34. The smallest absolute Gasteiger partial charge is 0.126 e. The predicted molar refractivity (Wildman–Crippen MR) is 119 cm³/mol. The van der Waals surface area contributed by atoms with Crippen LogP contribution >= 0.6 is 0 Å². The quantitative estimate of drug-likeness (QED) is 0.463. The number of anilines is 1. The predicted octanol–water partition coefficient (Wildman–Crippen LogP) is 4.93. The SMILES string of the molecule is NC(CNc1cc(-c2ccncc2)c(-c2cccc(F)c2)cn1)Cc1ccccc1. The van der Waals surface area contributed by atoms with Crippen LogP contribution in [0, 0.1) is 5.82 Å². The average Bonchev–Trinajstić information content (AvgIpc) is 2.79. The summed E-state index contributed by atoms with van der Waals surface area (Å²) in [4.78, 5) is 8.65. The van der Waals surface area contributed by atoms with Gasteiger partial charge in [-0.1, -0.05) is 42.5 Å². The molecule has 0 radical (unpaired) electrons. The van der Waals surface area contributed by atoms with Crippen LogP contribution in [-0.2, 0) is 6.42 Å². The molecule has 0 aliphatic carbocycles. The van der Waals surface area contributed by atoms with Gasteiger partial charge in [0.25, 0.3) is 0 Å². The van der Waals surface area contributed by atoms with Crippen LogP contribution in [0.5, 0.6) is 0 Å². The molecule has 30 heavy (non-hydrogen) atoms. The summed E-state index contributed by atoms with van der Waals surface area (Å²) in [5.74, 6) is 0.452. The van der Waals surface area contributed by atoms with Crippen LogP contribution in [0.15, 0.2) is 91.4 Å². The molecule has 2 aromatic carbocycles. The summed E-state index contributed by atoms with van der Waals surface area (Å²) in [7, 11) is 0. The van der Waals surface area contributed by atoms with Gasteiger partial charge in [0.1, 0.15) is 11.6 Å². The van der Waals surface area contributed by atoms with E-state index < -0.39 is 0 Å². The van der Waals surface area contributed by atoms with Gasteiger partial charge in [0, 0.05) is 36.7 Å². The van der Waals surface area contributed by atoms with Gasteiger partial charge in [-0.3, -0.25) is 4.98 Å². The second-order valence-electron chi connectivity index (χ2n) is 7.19. The molecule has 1 atom stereocenters. The zero-order chi connectivity index (χ0) is 20.8. The molecule has 0 bridgehead atoms. The van der Waals surface area contributed by atoms with Gasteiger partial charge in [-0.2, -0.15) is 0 Å². The minimum atomic E-state index is -0.276. The third-order valence-corrected chi connectivity index (χ3v) is 4.92. The number of rotatable bonds is 7. The van der Waals surface area contributed by atoms with Crippen molar-refractivity contribution in [2.45, 2.75) is 12.5 Å². The Labute approximate surface area is 175 Å². The van der Waals surface area contributed by atoms with Gasteiger partial charge in [0.2, 0.25) is 0 Å². The maximum Gasteiger partial charge on any atom is 0.126 e. The first-order chi connectivity index (χ1) is 14.7. The number of hydrogen-bond donors (Lipinski definition) is 2. The van der Waals surface area contributed by atoms with Crippen molar-refractivity contribution in [3.63, 3.8) is 0 Å². The van der Waals surface area contributed by atoms with Crippen LogP contribution in [-0.4, -0.2) is 22.6 Å². The highest BCUT2D eigenvalue weighted by Gasteiger charge is 2.12. The molecule has 0 fully saturated rings. The van der Waals surface area contributed by atoms with Crippen LogP contribution in [0.3, 0.4) is 0 Å². The zero-order valence-corrected chi connectivity index (χ0v) is 16.5. The van der Waals surface area contributed by atoms with E-state index in [1.807, 2.05) is 42.5 Å². The lowest BCUT2D eigenvalue weighted by Gasteiger charge is -2.16. The van der Waals surface area contributed by atoms with Crippen molar-refractivity contribution in [3.05, 3.63) is 103 Å². The molecule has 0 aliphatic heterocycles. The zero-order valence-electron chi connectivity index (χ0n) is 16.5. The number of pyridine rings is 2. The molecule has 4 nitrogen and oxygen atoms in total. The van der Waals surface area contributed by atoms with E-state index >= 15 is 0 Å². The van der Waals surface area contributed by atoms with Crippen molar-refractivity contribution in [3.8, 4) is 22.3 Å². The van der Waals surface area contributed by atoms with Crippen LogP contribution in [0.2, 0.25) is 0 Å². The highest BCUT2D eigenvalue weighted by Crippen LogP contribution is 2.33. The van der Waals surface area contributed by atoms with Crippen LogP contribution in [0.25, 0.3) is 22.3 Å². The van der Waals surface area contributed by atoms with Gasteiger partial charge in [-0.05, 0) is 59.0 Å². The van der Waals surface area contributed by atoms with E-state index in [9.17, 15) is 4.39 Å². The van der Waals surface area contributed by atoms with E-state index in [-0.39, 0.29) is 11.9 Å². The first kappa shape index (κ1) is 19.7. The summed E-state index contributed by atoms with van der Waals surface area (Å²) >= 11 is 0. The van der Waals surface area contributed by atoms with Crippen LogP contribution in [0.1, 0.15) is 5.56 Å². The number of halogens is 1. The van der Waals surface area contributed by atoms with E-state index in [0.29, 0.717) is 6.54 Å². The first-order valence-electron chi connectivity index (χ1n) is 9.89. The largest absolute Gasteiger partial charge is 0.368 e. The summed E-state index contributed by atoms with van der Waals surface area (Å²) < 4.78 is 13.8. The fourth-order valence-electron chi connectivity index (χ4n) is 3.43. The second-order valence-corrected chi connectivity index (χ2v) is 7.19. The Morgan fingerprint density at radius 1 is 0.867 bits per heavy atom. The number of aromatic nitrogens is 2. The third kappa shape index (κ3) is 4.88. The van der Waals surface area contributed by atoms with E-state index in [2.05, 4.69) is 27.4 Å². The summed E-state index contributed by atoms with van der Waals surface area (Å²) in [6, 6.07) is 22.5. The van der Waals surface area contributed by atoms with E-state index in [1.54, 1.807) is 24.7 Å². The van der Waals surface area contributed by atoms with Crippen molar-refractivity contribution in [2.24, 2.45) is 5.73 Å². The molecular weight excluding hydrogens is 375 g/mol. The van der Waals surface area contributed by atoms with Crippen LogP contribution < -0.4 is 11.1 Å². The molecule has 0 aliphatic rings. The number of hydrogen-bond acceptors (Lipinski definition) is 4. The monoisotopic (exact) mass is 398 g/mol. The van der Waals surface area contributed by atoms with Gasteiger partial charge in [0.15, 0.2) is 0 Å².